The van der Waals surface area contributed by atoms with Gasteiger partial charge >= 0.3 is 5.97 Å². The number of ketones is 1. The van der Waals surface area contributed by atoms with Crippen LogP contribution in [0.4, 0.5) is 0 Å². The molecule has 134 valence electrons. The van der Waals surface area contributed by atoms with E-state index in [4.69, 9.17) is 4.74 Å². The number of benzene rings is 1. The SMILES string of the molecule is Cc1ccc(C(=O)COC(=O)[C@@H]2CC(=O)N(C3CCCCC3)C2)cc1. The Morgan fingerprint density at radius 1 is 1.12 bits per heavy atom. The van der Waals surface area contributed by atoms with Gasteiger partial charge in [-0.2, -0.15) is 0 Å². The van der Waals surface area contributed by atoms with Gasteiger partial charge in [-0.25, -0.2) is 0 Å². The smallest absolute Gasteiger partial charge is 0.311 e. The van der Waals surface area contributed by atoms with Crippen molar-refractivity contribution in [3.63, 3.8) is 0 Å². The van der Waals surface area contributed by atoms with E-state index in [-0.39, 0.29) is 30.8 Å². The quantitative estimate of drug-likeness (QED) is 0.609. The molecule has 1 atom stereocenters. The molecule has 5 heteroatoms. The van der Waals surface area contributed by atoms with Gasteiger partial charge in [-0.1, -0.05) is 49.1 Å². The number of amides is 1. The predicted molar refractivity (Wildman–Crippen MR) is 93.2 cm³/mol. The number of ether oxygens (including phenoxy) is 1. The molecule has 1 aromatic carbocycles. The minimum Gasteiger partial charge on any atom is -0.457 e. The van der Waals surface area contributed by atoms with Crippen LogP contribution in [0, 0.1) is 12.8 Å². The van der Waals surface area contributed by atoms with Crippen LogP contribution in [0.5, 0.6) is 0 Å². The first-order valence-electron chi connectivity index (χ1n) is 9.10. The first kappa shape index (κ1) is 17.6. The van der Waals surface area contributed by atoms with Gasteiger partial charge in [0.15, 0.2) is 12.4 Å². The second-order valence-electron chi connectivity index (χ2n) is 7.14. The Balaban J connectivity index is 1.50. The van der Waals surface area contributed by atoms with Crippen LogP contribution < -0.4 is 0 Å². The van der Waals surface area contributed by atoms with E-state index in [0.29, 0.717) is 12.1 Å². The van der Waals surface area contributed by atoms with Crippen molar-refractivity contribution in [2.24, 2.45) is 5.92 Å². The van der Waals surface area contributed by atoms with Gasteiger partial charge in [0.05, 0.1) is 5.92 Å². The highest BCUT2D eigenvalue weighted by atomic mass is 16.5. The molecule has 1 saturated carbocycles. The van der Waals surface area contributed by atoms with Crippen LogP contribution in [-0.4, -0.2) is 41.8 Å². The van der Waals surface area contributed by atoms with Crippen molar-refractivity contribution in [2.45, 2.75) is 51.5 Å². The number of nitrogens with zero attached hydrogens (tertiary/aromatic N) is 1. The third-order valence-electron chi connectivity index (χ3n) is 5.23. The van der Waals surface area contributed by atoms with Crippen LogP contribution in [0.25, 0.3) is 0 Å². The number of esters is 1. The average Bonchev–Trinajstić information content (AvgIpc) is 3.02. The number of likely N-dealkylation sites (tertiary alicyclic amines) is 1. The van der Waals surface area contributed by atoms with Crippen molar-refractivity contribution in [2.75, 3.05) is 13.2 Å². The first-order valence-corrected chi connectivity index (χ1v) is 9.10. The molecule has 1 aliphatic heterocycles. The van der Waals surface area contributed by atoms with E-state index in [0.717, 1.165) is 31.2 Å². The molecule has 0 bridgehead atoms. The highest BCUT2D eigenvalue weighted by Gasteiger charge is 2.39. The number of Topliss-reactive ketones (excluding diaryl/α,β-unsaturated/α-hetero) is 1. The Labute approximate surface area is 148 Å². The highest BCUT2D eigenvalue weighted by molar-refractivity contribution is 5.98. The van der Waals surface area contributed by atoms with E-state index in [2.05, 4.69) is 0 Å². The molecule has 1 heterocycles. The zero-order valence-electron chi connectivity index (χ0n) is 14.7. The molecule has 25 heavy (non-hydrogen) atoms. The van der Waals surface area contributed by atoms with Crippen molar-refractivity contribution in [3.05, 3.63) is 35.4 Å². The van der Waals surface area contributed by atoms with Crippen molar-refractivity contribution in [1.82, 2.24) is 4.90 Å². The number of aryl methyl sites for hydroxylation is 1. The van der Waals surface area contributed by atoms with E-state index in [9.17, 15) is 14.4 Å². The van der Waals surface area contributed by atoms with E-state index < -0.39 is 11.9 Å². The minimum atomic E-state index is -0.444. The fraction of sp³-hybridized carbons (Fsp3) is 0.550. The van der Waals surface area contributed by atoms with Gasteiger partial charge in [0.25, 0.3) is 0 Å². The van der Waals surface area contributed by atoms with E-state index in [1.807, 2.05) is 24.0 Å². The topological polar surface area (TPSA) is 63.7 Å². The lowest BCUT2D eigenvalue weighted by atomic mass is 9.94. The summed E-state index contributed by atoms with van der Waals surface area (Å²) in [5.41, 5.74) is 1.60. The van der Waals surface area contributed by atoms with Crippen LogP contribution >= 0.6 is 0 Å². The van der Waals surface area contributed by atoms with E-state index >= 15 is 0 Å². The fourth-order valence-corrected chi connectivity index (χ4v) is 3.71. The molecule has 0 radical (unpaired) electrons. The van der Waals surface area contributed by atoms with Gasteiger partial charge in [0.1, 0.15) is 0 Å². The summed E-state index contributed by atoms with van der Waals surface area (Å²) in [6.45, 7) is 2.11. The summed E-state index contributed by atoms with van der Waals surface area (Å²) in [5.74, 6) is -1.06. The number of carbonyl (C=O) groups excluding carboxylic acids is 3. The van der Waals surface area contributed by atoms with Gasteiger partial charge in [-0.05, 0) is 19.8 Å². The summed E-state index contributed by atoms with van der Waals surface area (Å²) in [5, 5.41) is 0. The molecule has 0 spiro atoms. The zero-order valence-corrected chi connectivity index (χ0v) is 14.7. The van der Waals surface area contributed by atoms with Crippen molar-refractivity contribution < 1.29 is 19.1 Å². The van der Waals surface area contributed by atoms with Gasteiger partial charge < -0.3 is 9.64 Å². The fourth-order valence-electron chi connectivity index (χ4n) is 3.71. The van der Waals surface area contributed by atoms with Crippen molar-refractivity contribution in [3.8, 4) is 0 Å². The second-order valence-corrected chi connectivity index (χ2v) is 7.14. The maximum absolute atomic E-state index is 12.3. The van der Waals surface area contributed by atoms with Gasteiger partial charge in [0, 0.05) is 24.6 Å². The van der Waals surface area contributed by atoms with Gasteiger partial charge in [-0.3, -0.25) is 14.4 Å². The summed E-state index contributed by atoms with van der Waals surface area (Å²) < 4.78 is 5.19. The number of hydrogen-bond acceptors (Lipinski definition) is 4. The normalized spacial score (nSPS) is 21.4. The molecule has 2 aliphatic rings. The molecule has 0 unspecified atom stereocenters. The summed E-state index contributed by atoms with van der Waals surface area (Å²) in [4.78, 5) is 38.4. The van der Waals surface area contributed by atoms with E-state index in [1.165, 1.54) is 6.42 Å². The number of carbonyl (C=O) groups is 3. The number of hydrogen-bond donors (Lipinski definition) is 0. The maximum Gasteiger partial charge on any atom is 0.311 e. The maximum atomic E-state index is 12.3. The van der Waals surface area contributed by atoms with Gasteiger partial charge in [0.2, 0.25) is 5.91 Å². The van der Waals surface area contributed by atoms with Gasteiger partial charge in [-0.15, -0.1) is 0 Å². The molecular formula is C20H25NO4. The Kier molecular flexibility index (Phi) is 5.51. The molecular weight excluding hydrogens is 318 g/mol. The highest BCUT2D eigenvalue weighted by Crippen LogP contribution is 2.29. The standard InChI is InChI=1S/C20H25NO4/c1-14-7-9-15(10-8-14)18(22)13-25-20(24)16-11-19(23)21(12-16)17-5-3-2-4-6-17/h7-10,16-17H,2-6,11-13H2,1H3/t16-/m1/s1. The van der Waals surface area contributed by atoms with Crippen LogP contribution in [0.15, 0.2) is 24.3 Å². The average molecular weight is 343 g/mol. The Hall–Kier alpha value is -2.17. The van der Waals surface area contributed by atoms with Crippen molar-refractivity contribution in [1.29, 1.82) is 0 Å². The molecule has 0 aromatic heterocycles. The first-order chi connectivity index (χ1) is 12.0. The molecule has 1 aliphatic carbocycles. The number of rotatable bonds is 5. The van der Waals surface area contributed by atoms with Crippen LogP contribution in [0.2, 0.25) is 0 Å². The minimum absolute atomic E-state index is 0.0405. The van der Waals surface area contributed by atoms with Crippen LogP contribution in [-0.2, 0) is 14.3 Å². The lowest BCUT2D eigenvalue weighted by molar-refractivity contribution is -0.147. The molecule has 1 saturated heterocycles. The van der Waals surface area contributed by atoms with Crippen LogP contribution in [0.1, 0.15) is 54.4 Å². The summed E-state index contributed by atoms with van der Waals surface area (Å²) in [7, 11) is 0. The second kappa shape index (κ2) is 7.81. The summed E-state index contributed by atoms with van der Waals surface area (Å²) >= 11 is 0. The van der Waals surface area contributed by atoms with Crippen molar-refractivity contribution >= 4 is 17.7 Å². The van der Waals surface area contributed by atoms with Crippen LogP contribution in [0.3, 0.4) is 0 Å². The Morgan fingerprint density at radius 2 is 1.80 bits per heavy atom. The predicted octanol–water partition coefficient (Wildman–Crippen LogP) is 2.90. The summed E-state index contributed by atoms with van der Waals surface area (Å²) in [6.07, 6.45) is 5.78. The van der Waals surface area contributed by atoms with E-state index in [1.54, 1.807) is 12.1 Å². The largest absolute Gasteiger partial charge is 0.457 e. The molecule has 5 nitrogen and oxygen atoms in total. The Morgan fingerprint density at radius 3 is 2.48 bits per heavy atom. The monoisotopic (exact) mass is 343 g/mol. The summed E-state index contributed by atoms with van der Waals surface area (Å²) in [6, 6.07) is 7.44. The third kappa shape index (κ3) is 4.27. The molecule has 0 N–H and O–H groups in total. The Bertz CT molecular complexity index is 646. The molecule has 1 amide bonds. The molecule has 3 rings (SSSR count). The third-order valence-corrected chi connectivity index (χ3v) is 5.23. The zero-order chi connectivity index (χ0) is 17.8. The lowest BCUT2D eigenvalue weighted by Crippen LogP contribution is -2.38. The molecule has 2 fully saturated rings. The lowest BCUT2D eigenvalue weighted by Gasteiger charge is -2.31. The molecule has 1 aromatic rings.